The quantitative estimate of drug-likeness (QED) is 0.0261. The van der Waals surface area contributed by atoms with Gasteiger partial charge in [-0.15, -0.1) is 0 Å². The SMILES string of the molecule is CC/C=C\C/C=C\C/C=C\C/C=C\C/C=C\CCCCCCCC(=O)OC(COC(=O)C/C=C\C/C=C\C/C=C\C/C=C\C/C=C\CC)COC(=O)CCCCCCCCCCCCCC/C=C\C/C=C\C/C=C\C/C=C\CC. The van der Waals surface area contributed by atoms with E-state index in [1.165, 1.54) is 64.2 Å². The molecule has 0 N–H and O–H groups in total. The summed E-state index contributed by atoms with van der Waals surface area (Å²) in [6.45, 7) is 6.19. The third kappa shape index (κ3) is 63.5. The summed E-state index contributed by atoms with van der Waals surface area (Å²) in [5.41, 5.74) is 0. The molecule has 1 unspecified atom stereocenters. The Kier molecular flexibility index (Phi) is 61.0. The van der Waals surface area contributed by atoms with Crippen molar-refractivity contribution in [3.63, 3.8) is 0 Å². The Bertz CT molecular complexity index is 1820. The van der Waals surface area contributed by atoms with Gasteiger partial charge in [-0.3, -0.25) is 14.4 Å². The lowest BCUT2D eigenvalue weighted by Crippen LogP contribution is -2.30. The number of esters is 3. The molecule has 0 aromatic heterocycles. The lowest BCUT2D eigenvalue weighted by molar-refractivity contribution is -0.166. The molecule has 1 atom stereocenters. The van der Waals surface area contributed by atoms with E-state index >= 15 is 0 Å². The first-order valence-electron chi connectivity index (χ1n) is 31.6. The van der Waals surface area contributed by atoms with E-state index < -0.39 is 12.1 Å². The average molecular weight is 1090 g/mol. The summed E-state index contributed by atoms with van der Waals surface area (Å²) in [7, 11) is 0. The molecule has 0 saturated heterocycles. The van der Waals surface area contributed by atoms with Crippen molar-refractivity contribution in [2.24, 2.45) is 0 Å². The Morgan fingerprint density at radius 2 is 0.506 bits per heavy atom. The highest BCUT2D eigenvalue weighted by Crippen LogP contribution is 2.15. The van der Waals surface area contributed by atoms with Crippen LogP contribution >= 0.6 is 0 Å². The number of rotatable bonds is 55. The molecule has 0 fully saturated rings. The fraction of sp³-hybridized carbons (Fsp3) is 0.575. The second-order valence-electron chi connectivity index (χ2n) is 20.2. The molecule has 0 amide bonds. The molecule has 0 spiro atoms. The topological polar surface area (TPSA) is 78.9 Å². The Labute approximate surface area is 485 Å². The summed E-state index contributed by atoms with van der Waals surface area (Å²) in [5, 5.41) is 0. The second kappa shape index (κ2) is 65.3. The van der Waals surface area contributed by atoms with Gasteiger partial charge in [0, 0.05) is 12.8 Å². The van der Waals surface area contributed by atoms with Gasteiger partial charge in [-0.05, 0) is 128 Å². The molecule has 0 radical (unpaired) electrons. The van der Waals surface area contributed by atoms with Crippen molar-refractivity contribution in [1.82, 2.24) is 0 Å². The van der Waals surface area contributed by atoms with E-state index in [9.17, 15) is 14.4 Å². The van der Waals surface area contributed by atoms with Crippen molar-refractivity contribution in [2.75, 3.05) is 13.2 Å². The molecule has 0 heterocycles. The second-order valence-corrected chi connectivity index (χ2v) is 20.2. The van der Waals surface area contributed by atoms with Crippen LogP contribution < -0.4 is 0 Å². The van der Waals surface area contributed by atoms with E-state index in [4.69, 9.17) is 14.2 Å². The molecule has 0 rings (SSSR count). The van der Waals surface area contributed by atoms with Crippen LogP contribution in [0.25, 0.3) is 0 Å². The summed E-state index contributed by atoms with van der Waals surface area (Å²) in [5.74, 6) is -1.08. The monoisotopic (exact) mass is 1090 g/mol. The van der Waals surface area contributed by atoms with Gasteiger partial charge in [0.05, 0.1) is 6.42 Å². The van der Waals surface area contributed by atoms with Crippen LogP contribution in [0.1, 0.15) is 252 Å². The summed E-state index contributed by atoms with van der Waals surface area (Å²) < 4.78 is 16.8. The highest BCUT2D eigenvalue weighted by molar-refractivity contribution is 5.72. The summed E-state index contributed by atoms with van der Waals surface area (Å²) in [6.07, 6.45) is 96.7. The molecular weight excluding hydrogens is 973 g/mol. The zero-order chi connectivity index (χ0) is 57.1. The first-order chi connectivity index (χ1) is 39.0. The number of allylic oxidation sites excluding steroid dienone is 27. The third-order valence-corrected chi connectivity index (χ3v) is 12.7. The highest BCUT2D eigenvalue weighted by Gasteiger charge is 2.19. The fourth-order valence-corrected chi connectivity index (χ4v) is 8.12. The number of unbranched alkanes of at least 4 members (excludes halogenated alkanes) is 17. The number of carbonyl (C=O) groups is 3. The molecular formula is C73H114O6. The largest absolute Gasteiger partial charge is 0.462 e. The lowest BCUT2D eigenvalue weighted by atomic mass is 10.0. The van der Waals surface area contributed by atoms with Crippen LogP contribution in [-0.4, -0.2) is 37.2 Å². The van der Waals surface area contributed by atoms with E-state index in [1.54, 1.807) is 6.08 Å². The van der Waals surface area contributed by atoms with Gasteiger partial charge in [-0.1, -0.05) is 274 Å². The number of ether oxygens (including phenoxy) is 3. The zero-order valence-electron chi connectivity index (χ0n) is 50.6. The van der Waals surface area contributed by atoms with Crippen molar-refractivity contribution in [1.29, 1.82) is 0 Å². The van der Waals surface area contributed by atoms with E-state index in [2.05, 4.69) is 179 Å². The highest BCUT2D eigenvalue weighted by atomic mass is 16.6. The summed E-state index contributed by atoms with van der Waals surface area (Å²) in [4.78, 5) is 38.3. The maximum atomic E-state index is 12.9. The maximum absolute atomic E-state index is 12.9. The molecule has 0 bridgehead atoms. The van der Waals surface area contributed by atoms with Crippen molar-refractivity contribution in [3.8, 4) is 0 Å². The Hall–Kier alpha value is -5.23. The minimum absolute atomic E-state index is 0.114. The zero-order valence-corrected chi connectivity index (χ0v) is 50.6. The number of hydrogen-bond donors (Lipinski definition) is 0. The molecule has 6 heteroatoms. The van der Waals surface area contributed by atoms with Gasteiger partial charge in [-0.25, -0.2) is 0 Å². The van der Waals surface area contributed by atoms with Crippen LogP contribution in [0.15, 0.2) is 170 Å². The third-order valence-electron chi connectivity index (χ3n) is 12.7. The molecule has 0 aliphatic rings. The van der Waals surface area contributed by atoms with Crippen molar-refractivity contribution in [3.05, 3.63) is 170 Å². The van der Waals surface area contributed by atoms with Crippen molar-refractivity contribution in [2.45, 2.75) is 258 Å². The van der Waals surface area contributed by atoms with Crippen LogP contribution in [0.2, 0.25) is 0 Å². The normalized spacial score (nSPS) is 13.3. The van der Waals surface area contributed by atoms with Crippen molar-refractivity contribution < 1.29 is 28.6 Å². The first-order valence-corrected chi connectivity index (χ1v) is 31.6. The van der Waals surface area contributed by atoms with E-state index in [1.807, 2.05) is 6.08 Å². The van der Waals surface area contributed by atoms with Gasteiger partial charge in [0.2, 0.25) is 0 Å². The molecule has 0 aliphatic heterocycles. The molecule has 442 valence electrons. The fourth-order valence-electron chi connectivity index (χ4n) is 8.12. The van der Waals surface area contributed by atoms with Gasteiger partial charge in [0.1, 0.15) is 13.2 Å². The van der Waals surface area contributed by atoms with Crippen LogP contribution in [0.3, 0.4) is 0 Å². The summed E-state index contributed by atoms with van der Waals surface area (Å²) in [6, 6.07) is 0. The summed E-state index contributed by atoms with van der Waals surface area (Å²) >= 11 is 0. The van der Waals surface area contributed by atoms with Crippen LogP contribution in [0, 0.1) is 0 Å². The Morgan fingerprint density at radius 3 is 0.823 bits per heavy atom. The Morgan fingerprint density at radius 1 is 0.266 bits per heavy atom. The van der Waals surface area contributed by atoms with Gasteiger partial charge in [0.15, 0.2) is 6.10 Å². The molecule has 0 aromatic rings. The van der Waals surface area contributed by atoms with E-state index in [0.717, 1.165) is 148 Å². The van der Waals surface area contributed by atoms with Gasteiger partial charge in [-0.2, -0.15) is 0 Å². The lowest BCUT2D eigenvalue weighted by Gasteiger charge is -2.18. The van der Waals surface area contributed by atoms with Crippen LogP contribution in [0.5, 0.6) is 0 Å². The van der Waals surface area contributed by atoms with E-state index in [0.29, 0.717) is 6.42 Å². The minimum atomic E-state index is -0.840. The molecule has 6 nitrogen and oxygen atoms in total. The van der Waals surface area contributed by atoms with Gasteiger partial charge < -0.3 is 14.2 Å². The first kappa shape index (κ1) is 73.8. The van der Waals surface area contributed by atoms with Gasteiger partial charge in [0.25, 0.3) is 0 Å². The number of hydrogen-bond acceptors (Lipinski definition) is 6. The number of carbonyl (C=O) groups excluding carboxylic acids is 3. The minimum Gasteiger partial charge on any atom is -0.462 e. The van der Waals surface area contributed by atoms with E-state index in [-0.39, 0.29) is 38.0 Å². The molecule has 0 aliphatic carbocycles. The Balaban J connectivity index is 4.48. The predicted molar refractivity (Wildman–Crippen MR) is 343 cm³/mol. The van der Waals surface area contributed by atoms with Crippen LogP contribution in [-0.2, 0) is 28.6 Å². The average Bonchev–Trinajstić information content (AvgIpc) is 3.45. The molecule has 0 saturated carbocycles. The maximum Gasteiger partial charge on any atom is 0.309 e. The molecule has 0 aromatic carbocycles. The van der Waals surface area contributed by atoms with Crippen LogP contribution in [0.4, 0.5) is 0 Å². The van der Waals surface area contributed by atoms with Gasteiger partial charge >= 0.3 is 17.9 Å². The smallest absolute Gasteiger partial charge is 0.309 e. The standard InChI is InChI=1S/C73H114O6/c1-4-7-10-13-16-19-22-25-28-30-32-34-35-36-37-39-40-42-45-48-51-54-57-60-63-66-72(75)78-69-70(68-77-71(74)65-62-59-56-53-50-47-44-27-24-21-18-15-12-9-6-3)79-73(76)67-64-61-58-55-52-49-46-43-41-38-33-31-29-26-23-20-17-14-11-8-5-2/h7-12,16-21,25-29,32-34,38,43-44,46,50,53,59,62,70H,4-6,13-15,22-24,30-31,35-37,39-42,45,47-49,51-52,54-58,60-61,63-69H2,1-3H3/b10-7-,11-8-,12-9-,19-16-,20-17-,21-18-,28-25-,29-26-,34-32-,38-33-,44-27-,46-43-,53-50-,62-59-. The molecule has 79 heavy (non-hydrogen) atoms. The van der Waals surface area contributed by atoms with Crippen molar-refractivity contribution >= 4 is 17.9 Å². The predicted octanol–water partition coefficient (Wildman–Crippen LogP) is 21.9.